The highest BCUT2D eigenvalue weighted by molar-refractivity contribution is 5.96. The maximum Gasteiger partial charge on any atom is 0.343 e. The third-order valence-corrected chi connectivity index (χ3v) is 3.87. The van der Waals surface area contributed by atoms with E-state index in [1.165, 1.54) is 0 Å². The average Bonchev–Trinajstić information content (AvgIpc) is 2.64. The van der Waals surface area contributed by atoms with Crippen LogP contribution in [0.25, 0.3) is 10.9 Å². The van der Waals surface area contributed by atoms with Crippen molar-refractivity contribution in [3.63, 3.8) is 0 Å². The third-order valence-electron chi connectivity index (χ3n) is 3.87. The molecule has 2 aromatic carbocycles. The van der Waals surface area contributed by atoms with Crippen molar-refractivity contribution in [2.45, 2.75) is 13.8 Å². The summed E-state index contributed by atoms with van der Waals surface area (Å²) in [7, 11) is 0. The Kier molecular flexibility index (Phi) is 5.26. The Morgan fingerprint density at radius 1 is 1.11 bits per heavy atom. The van der Waals surface area contributed by atoms with Crippen LogP contribution in [0.2, 0.25) is 0 Å². The average molecular weight is 364 g/mol. The van der Waals surface area contributed by atoms with Gasteiger partial charge in [-0.15, -0.1) is 0 Å². The first-order valence-electron chi connectivity index (χ1n) is 8.44. The van der Waals surface area contributed by atoms with E-state index in [0.717, 1.165) is 5.57 Å². The molecule has 0 fully saturated rings. The van der Waals surface area contributed by atoms with Crippen LogP contribution in [0.15, 0.2) is 65.0 Å². The van der Waals surface area contributed by atoms with Crippen LogP contribution in [0.5, 0.6) is 11.5 Å². The van der Waals surface area contributed by atoms with Gasteiger partial charge in [0.15, 0.2) is 5.75 Å². The van der Waals surface area contributed by atoms with E-state index in [-0.39, 0.29) is 18.1 Å². The van der Waals surface area contributed by atoms with Gasteiger partial charge in [0.2, 0.25) is 5.75 Å². The monoisotopic (exact) mass is 364 g/mol. The van der Waals surface area contributed by atoms with Crippen molar-refractivity contribution in [3.8, 4) is 11.5 Å². The molecule has 0 saturated heterocycles. The number of rotatable bonds is 5. The number of ether oxygens (including phenoxy) is 2. The number of H-pyrrole nitrogens is 1. The second kappa shape index (κ2) is 7.78. The number of fused-ring (bicyclic) bond motifs is 1. The fourth-order valence-corrected chi connectivity index (χ4v) is 2.52. The van der Waals surface area contributed by atoms with Gasteiger partial charge in [-0.05, 0) is 50.3 Å². The molecule has 3 aromatic rings. The summed E-state index contributed by atoms with van der Waals surface area (Å²) in [6.07, 6.45) is 1.83. The van der Waals surface area contributed by atoms with Crippen LogP contribution in [0.3, 0.4) is 0 Å². The highest BCUT2D eigenvalue weighted by atomic mass is 16.6. The zero-order valence-corrected chi connectivity index (χ0v) is 15.1. The van der Waals surface area contributed by atoms with Gasteiger partial charge in [0.05, 0.1) is 11.1 Å². The van der Waals surface area contributed by atoms with Crippen LogP contribution >= 0.6 is 0 Å². The molecule has 0 saturated carbocycles. The molecule has 0 aliphatic carbocycles. The molecule has 0 amide bonds. The Morgan fingerprint density at radius 2 is 1.85 bits per heavy atom. The van der Waals surface area contributed by atoms with Gasteiger partial charge in [0.25, 0.3) is 5.56 Å². The number of carbonyl (C=O) groups is 1. The number of hydrogen-bond donors (Lipinski definition) is 2. The lowest BCUT2D eigenvalue weighted by atomic mass is 10.1. The molecule has 0 unspecified atom stereocenters. The first-order valence-corrected chi connectivity index (χ1v) is 8.44. The van der Waals surface area contributed by atoms with Crippen molar-refractivity contribution in [2.24, 2.45) is 0 Å². The highest BCUT2D eigenvalue weighted by Gasteiger charge is 2.19. The van der Waals surface area contributed by atoms with Gasteiger partial charge in [-0.1, -0.05) is 23.8 Å². The lowest BCUT2D eigenvalue weighted by Crippen LogP contribution is -2.17. The Hall–Kier alpha value is -3.54. The predicted molar refractivity (Wildman–Crippen MR) is 105 cm³/mol. The van der Waals surface area contributed by atoms with Gasteiger partial charge in [-0.2, -0.15) is 0 Å². The quantitative estimate of drug-likeness (QED) is 0.409. The van der Waals surface area contributed by atoms with E-state index >= 15 is 0 Å². The van der Waals surface area contributed by atoms with Gasteiger partial charge in [0, 0.05) is 11.1 Å². The van der Waals surface area contributed by atoms with Crippen molar-refractivity contribution in [2.75, 3.05) is 12.3 Å². The molecule has 0 aliphatic heterocycles. The van der Waals surface area contributed by atoms with Crippen LogP contribution in [-0.2, 0) is 0 Å². The number of nitrogens with two attached hydrogens (primary N) is 1. The zero-order valence-electron chi connectivity index (χ0n) is 15.1. The minimum Gasteiger partial charge on any atom is -0.481 e. The number of aromatic nitrogens is 1. The largest absolute Gasteiger partial charge is 0.481 e. The first-order chi connectivity index (χ1) is 13.0. The molecule has 27 heavy (non-hydrogen) atoms. The third kappa shape index (κ3) is 4.17. The Bertz CT molecular complexity index is 1060. The fraction of sp³-hybridized carbons (Fsp3) is 0.143. The molecule has 0 aliphatic rings. The number of carbonyl (C=O) groups excluding carboxylic acids is 1. The molecule has 6 nitrogen and oxygen atoms in total. The molecular formula is C21H20N2O4. The highest BCUT2D eigenvalue weighted by Crippen LogP contribution is 2.33. The van der Waals surface area contributed by atoms with E-state index in [0.29, 0.717) is 22.2 Å². The van der Waals surface area contributed by atoms with Crippen LogP contribution in [0.4, 0.5) is 5.69 Å². The van der Waals surface area contributed by atoms with E-state index < -0.39 is 11.5 Å². The zero-order chi connectivity index (χ0) is 19.4. The summed E-state index contributed by atoms with van der Waals surface area (Å²) in [5.41, 5.74) is 7.67. The SMILES string of the molecule is CC(C)=CCOc1c(OC(=O)c2ccccc2)c2ccc(N)cc2[nH]c1=O. The maximum atomic E-state index is 12.5. The number of aromatic amines is 1. The summed E-state index contributed by atoms with van der Waals surface area (Å²) in [5, 5.41) is 0.528. The second-order valence-corrected chi connectivity index (χ2v) is 6.27. The van der Waals surface area contributed by atoms with E-state index in [2.05, 4.69) is 4.98 Å². The van der Waals surface area contributed by atoms with Crippen LogP contribution in [0, 0.1) is 0 Å². The summed E-state index contributed by atoms with van der Waals surface area (Å²) in [6.45, 7) is 4.03. The molecule has 6 heteroatoms. The molecule has 3 N–H and O–H groups in total. The standard InChI is InChI=1S/C21H20N2O4/c1-13(2)10-11-26-19-18(27-21(25)14-6-4-3-5-7-14)16-9-8-15(22)12-17(16)23-20(19)24/h3-10,12H,11,22H2,1-2H3,(H,23,24). The van der Waals surface area contributed by atoms with E-state index in [4.69, 9.17) is 15.2 Å². The summed E-state index contributed by atoms with van der Waals surface area (Å²) in [6, 6.07) is 13.5. The van der Waals surface area contributed by atoms with E-state index in [1.54, 1.807) is 48.5 Å². The molecule has 1 heterocycles. The Morgan fingerprint density at radius 3 is 2.56 bits per heavy atom. The molecular weight excluding hydrogens is 344 g/mol. The number of nitrogen functional groups attached to an aromatic ring is 1. The van der Waals surface area contributed by atoms with E-state index in [9.17, 15) is 9.59 Å². The molecule has 0 bridgehead atoms. The van der Waals surface area contributed by atoms with Crippen molar-refractivity contribution >= 4 is 22.6 Å². The molecule has 0 atom stereocenters. The number of anilines is 1. The summed E-state index contributed by atoms with van der Waals surface area (Å²) >= 11 is 0. The number of hydrogen-bond acceptors (Lipinski definition) is 5. The van der Waals surface area contributed by atoms with E-state index in [1.807, 2.05) is 19.9 Å². The van der Waals surface area contributed by atoms with Crippen molar-refractivity contribution < 1.29 is 14.3 Å². The second-order valence-electron chi connectivity index (χ2n) is 6.27. The molecule has 0 spiro atoms. The van der Waals surface area contributed by atoms with Crippen molar-refractivity contribution in [3.05, 3.63) is 76.1 Å². The van der Waals surface area contributed by atoms with Crippen LogP contribution in [-0.4, -0.2) is 17.6 Å². The number of nitrogens with one attached hydrogen (secondary N) is 1. The number of benzene rings is 2. The Balaban J connectivity index is 2.09. The number of esters is 1. The van der Waals surface area contributed by atoms with Crippen LogP contribution < -0.4 is 20.8 Å². The van der Waals surface area contributed by atoms with Crippen LogP contribution in [0.1, 0.15) is 24.2 Å². The molecule has 0 radical (unpaired) electrons. The van der Waals surface area contributed by atoms with Gasteiger partial charge in [-0.25, -0.2) is 4.79 Å². The minimum atomic E-state index is -0.577. The summed E-state index contributed by atoms with van der Waals surface area (Å²) in [4.78, 5) is 27.8. The maximum absolute atomic E-state index is 12.5. The molecule has 138 valence electrons. The smallest absolute Gasteiger partial charge is 0.343 e. The predicted octanol–water partition coefficient (Wildman–Crippen LogP) is 3.67. The van der Waals surface area contributed by atoms with Crippen molar-refractivity contribution in [1.82, 2.24) is 4.98 Å². The summed E-state index contributed by atoms with van der Waals surface area (Å²) < 4.78 is 11.2. The lowest BCUT2D eigenvalue weighted by Gasteiger charge is -2.13. The molecule has 1 aromatic heterocycles. The van der Waals surface area contributed by atoms with Gasteiger partial charge < -0.3 is 20.2 Å². The minimum absolute atomic E-state index is 0.0472. The fourth-order valence-electron chi connectivity index (χ4n) is 2.52. The lowest BCUT2D eigenvalue weighted by molar-refractivity contribution is 0.0731. The number of pyridine rings is 1. The van der Waals surface area contributed by atoms with Gasteiger partial charge in [-0.3, -0.25) is 4.79 Å². The molecule has 3 rings (SSSR count). The number of allylic oxidation sites excluding steroid dienone is 1. The van der Waals surface area contributed by atoms with Crippen molar-refractivity contribution in [1.29, 1.82) is 0 Å². The normalized spacial score (nSPS) is 10.4. The van der Waals surface area contributed by atoms with Gasteiger partial charge >= 0.3 is 5.97 Å². The first kappa shape index (κ1) is 18.3. The van der Waals surface area contributed by atoms with Gasteiger partial charge in [0.1, 0.15) is 6.61 Å². The summed E-state index contributed by atoms with van der Waals surface area (Å²) in [5.74, 6) is -0.551. The Labute approximate surface area is 156 Å². The topological polar surface area (TPSA) is 94.4 Å².